The number of halogens is 1. The molecule has 5 nitrogen and oxygen atoms in total. The molecule has 0 spiro atoms. The maximum atomic E-state index is 11.3. The summed E-state index contributed by atoms with van der Waals surface area (Å²) in [5.74, 6) is 0.141. The summed E-state index contributed by atoms with van der Waals surface area (Å²) < 4.78 is 0. The van der Waals surface area contributed by atoms with E-state index in [2.05, 4.69) is 15.2 Å². The second-order valence-electron chi connectivity index (χ2n) is 4.35. The largest absolute Gasteiger partial charge is 0.375 e. The molecule has 0 unspecified atom stereocenters. The number of hydrogen-bond donors (Lipinski definition) is 2. The van der Waals surface area contributed by atoms with E-state index in [1.54, 1.807) is 6.20 Å². The summed E-state index contributed by atoms with van der Waals surface area (Å²) in [5.41, 5.74) is 5.56. The number of nitrogens with zero attached hydrogens (tertiary/aromatic N) is 2. The van der Waals surface area contributed by atoms with Crippen LogP contribution in [0.25, 0.3) is 0 Å². The lowest BCUT2D eigenvalue weighted by molar-refractivity contribution is -0.124. The first-order valence-corrected chi connectivity index (χ1v) is 6.47. The van der Waals surface area contributed by atoms with Crippen LogP contribution < -0.4 is 11.1 Å². The van der Waals surface area contributed by atoms with Gasteiger partial charge < -0.3 is 11.1 Å². The van der Waals surface area contributed by atoms with Gasteiger partial charge in [-0.15, -0.1) is 23.7 Å². The zero-order valence-corrected chi connectivity index (χ0v) is 12.6. The maximum absolute atomic E-state index is 11.3. The van der Waals surface area contributed by atoms with Crippen molar-refractivity contribution in [2.75, 3.05) is 25.9 Å². The Labute approximate surface area is 118 Å². The van der Waals surface area contributed by atoms with Crippen molar-refractivity contribution < 1.29 is 4.79 Å². The summed E-state index contributed by atoms with van der Waals surface area (Å²) >= 11 is 1.50. The van der Waals surface area contributed by atoms with Crippen LogP contribution >= 0.6 is 23.7 Å². The first kappa shape index (κ1) is 17.2. The molecule has 104 valence electrons. The number of likely N-dealkylation sites (N-methyl/N-ethyl adjacent to an activating group) is 1. The van der Waals surface area contributed by atoms with E-state index in [1.807, 2.05) is 20.9 Å². The monoisotopic (exact) mass is 292 g/mol. The van der Waals surface area contributed by atoms with Crippen LogP contribution in [0.4, 0.5) is 5.13 Å². The summed E-state index contributed by atoms with van der Waals surface area (Å²) in [6.45, 7) is 6.07. The molecule has 0 bridgehead atoms. The molecular weight excluding hydrogens is 272 g/mol. The summed E-state index contributed by atoms with van der Waals surface area (Å²) in [6, 6.07) is 0. The maximum Gasteiger partial charge on any atom is 0.222 e. The molecule has 0 saturated carbocycles. The molecule has 1 rings (SSSR count). The molecule has 0 aliphatic heterocycles. The number of rotatable bonds is 6. The second kappa shape index (κ2) is 8.29. The van der Waals surface area contributed by atoms with Gasteiger partial charge in [-0.1, -0.05) is 13.8 Å². The van der Waals surface area contributed by atoms with Crippen molar-refractivity contribution >= 4 is 34.8 Å². The quantitative estimate of drug-likeness (QED) is 0.830. The number of nitrogens with one attached hydrogen (secondary N) is 1. The summed E-state index contributed by atoms with van der Waals surface area (Å²) in [6.07, 6.45) is 1.79. The lowest BCUT2D eigenvalue weighted by Gasteiger charge is -2.16. The number of aromatic nitrogens is 1. The fourth-order valence-corrected chi connectivity index (χ4v) is 2.08. The van der Waals surface area contributed by atoms with Crippen LogP contribution in [-0.4, -0.2) is 35.9 Å². The van der Waals surface area contributed by atoms with Crippen LogP contribution in [0, 0.1) is 5.92 Å². The Bertz CT molecular complexity index is 370. The van der Waals surface area contributed by atoms with Crippen LogP contribution in [-0.2, 0) is 11.3 Å². The third-order valence-corrected chi connectivity index (χ3v) is 3.13. The summed E-state index contributed by atoms with van der Waals surface area (Å²) in [5, 5.41) is 3.49. The SMILES string of the molecule is CC(C)C(=O)NCCN(C)Cc1cnc(N)s1.Cl. The molecule has 0 atom stereocenters. The molecule has 1 aromatic heterocycles. The second-order valence-corrected chi connectivity index (χ2v) is 5.50. The minimum Gasteiger partial charge on any atom is -0.375 e. The van der Waals surface area contributed by atoms with Gasteiger partial charge >= 0.3 is 0 Å². The highest BCUT2D eigenvalue weighted by molar-refractivity contribution is 7.15. The van der Waals surface area contributed by atoms with Crippen LogP contribution in [0.5, 0.6) is 0 Å². The first-order valence-electron chi connectivity index (χ1n) is 5.65. The first-order chi connectivity index (χ1) is 7.99. The predicted molar refractivity (Wildman–Crippen MR) is 78.0 cm³/mol. The average molecular weight is 293 g/mol. The third kappa shape index (κ3) is 6.18. The number of thiazole rings is 1. The standard InChI is InChI=1S/C11H20N4OS.ClH/c1-8(2)10(16)13-4-5-15(3)7-9-6-14-11(12)17-9;/h6,8H,4-5,7H2,1-3H3,(H2,12,14)(H,13,16);1H. The Balaban J connectivity index is 0.00000289. The number of amides is 1. The van der Waals surface area contributed by atoms with Crippen molar-refractivity contribution in [3.8, 4) is 0 Å². The molecule has 18 heavy (non-hydrogen) atoms. The molecule has 1 heterocycles. The van der Waals surface area contributed by atoms with E-state index in [0.717, 1.165) is 18.0 Å². The van der Waals surface area contributed by atoms with Gasteiger partial charge in [-0.25, -0.2) is 4.98 Å². The van der Waals surface area contributed by atoms with Gasteiger partial charge in [0.2, 0.25) is 5.91 Å². The number of carbonyl (C=O) groups is 1. The van der Waals surface area contributed by atoms with Gasteiger partial charge in [0.25, 0.3) is 0 Å². The van der Waals surface area contributed by atoms with E-state index in [0.29, 0.717) is 11.7 Å². The van der Waals surface area contributed by atoms with Crippen molar-refractivity contribution in [2.24, 2.45) is 5.92 Å². The average Bonchev–Trinajstić information content (AvgIpc) is 2.63. The Hall–Kier alpha value is -0.850. The van der Waals surface area contributed by atoms with Gasteiger partial charge in [0.1, 0.15) is 0 Å². The fourth-order valence-electron chi connectivity index (χ4n) is 1.31. The molecule has 3 N–H and O–H groups in total. The van der Waals surface area contributed by atoms with Gasteiger partial charge in [-0.2, -0.15) is 0 Å². The molecule has 0 fully saturated rings. The predicted octanol–water partition coefficient (Wildman–Crippen LogP) is 1.35. The third-order valence-electron chi connectivity index (χ3n) is 2.31. The molecule has 0 aromatic carbocycles. The van der Waals surface area contributed by atoms with Gasteiger partial charge in [0.05, 0.1) is 0 Å². The van der Waals surface area contributed by atoms with Crippen molar-refractivity contribution in [3.05, 3.63) is 11.1 Å². The minimum atomic E-state index is 0. The summed E-state index contributed by atoms with van der Waals surface area (Å²) in [7, 11) is 2.01. The molecule has 0 saturated heterocycles. The number of carbonyl (C=O) groups excluding carboxylic acids is 1. The number of nitrogen functional groups attached to an aromatic ring is 1. The topological polar surface area (TPSA) is 71.2 Å². The Morgan fingerprint density at radius 2 is 2.28 bits per heavy atom. The van der Waals surface area contributed by atoms with Gasteiger partial charge in [0.15, 0.2) is 5.13 Å². The number of hydrogen-bond acceptors (Lipinski definition) is 5. The van der Waals surface area contributed by atoms with Crippen LogP contribution in [0.1, 0.15) is 18.7 Å². The molecule has 1 amide bonds. The van der Waals surface area contributed by atoms with E-state index in [1.165, 1.54) is 11.3 Å². The summed E-state index contributed by atoms with van der Waals surface area (Å²) in [4.78, 5) is 18.6. The van der Waals surface area contributed by atoms with E-state index < -0.39 is 0 Å². The highest BCUT2D eigenvalue weighted by Gasteiger charge is 2.07. The van der Waals surface area contributed by atoms with Crippen molar-refractivity contribution in [1.29, 1.82) is 0 Å². The Morgan fingerprint density at radius 3 is 2.78 bits per heavy atom. The normalized spacial score (nSPS) is 10.5. The molecule has 0 radical (unpaired) electrons. The molecule has 1 aromatic rings. The molecule has 7 heteroatoms. The molecule has 0 aliphatic carbocycles. The minimum absolute atomic E-state index is 0. The lowest BCUT2D eigenvalue weighted by atomic mass is 10.2. The zero-order chi connectivity index (χ0) is 12.8. The van der Waals surface area contributed by atoms with Gasteiger partial charge in [-0.05, 0) is 7.05 Å². The van der Waals surface area contributed by atoms with E-state index in [9.17, 15) is 4.79 Å². The molecular formula is C11H21ClN4OS. The number of anilines is 1. The highest BCUT2D eigenvalue weighted by Crippen LogP contribution is 2.15. The van der Waals surface area contributed by atoms with Crippen LogP contribution in [0.15, 0.2) is 6.20 Å². The smallest absolute Gasteiger partial charge is 0.222 e. The van der Waals surface area contributed by atoms with E-state index >= 15 is 0 Å². The van der Waals surface area contributed by atoms with Crippen LogP contribution in [0.2, 0.25) is 0 Å². The van der Waals surface area contributed by atoms with E-state index in [-0.39, 0.29) is 24.2 Å². The molecule has 0 aliphatic rings. The fraction of sp³-hybridized carbons (Fsp3) is 0.636. The zero-order valence-electron chi connectivity index (χ0n) is 11.0. The van der Waals surface area contributed by atoms with Crippen LogP contribution in [0.3, 0.4) is 0 Å². The lowest BCUT2D eigenvalue weighted by Crippen LogP contribution is -2.34. The Morgan fingerprint density at radius 1 is 1.61 bits per heavy atom. The Kier molecular flexibility index (Phi) is 7.90. The highest BCUT2D eigenvalue weighted by atomic mass is 35.5. The van der Waals surface area contributed by atoms with Gasteiger partial charge in [-0.3, -0.25) is 9.69 Å². The van der Waals surface area contributed by atoms with Crippen molar-refractivity contribution in [3.63, 3.8) is 0 Å². The number of nitrogens with two attached hydrogens (primary N) is 1. The van der Waals surface area contributed by atoms with Crippen molar-refractivity contribution in [1.82, 2.24) is 15.2 Å². The van der Waals surface area contributed by atoms with Crippen molar-refractivity contribution in [2.45, 2.75) is 20.4 Å². The van der Waals surface area contributed by atoms with E-state index in [4.69, 9.17) is 5.73 Å². The van der Waals surface area contributed by atoms with Gasteiger partial charge in [0, 0.05) is 36.6 Å².